The average molecular weight is 364 g/mol. The van der Waals surface area contributed by atoms with Gasteiger partial charge < -0.3 is 9.88 Å². The summed E-state index contributed by atoms with van der Waals surface area (Å²) in [6.07, 6.45) is 8.10. The number of benzene rings is 1. The van der Waals surface area contributed by atoms with E-state index < -0.39 is 0 Å². The molecule has 1 aliphatic rings. The molecule has 3 heterocycles. The lowest BCUT2D eigenvalue weighted by Gasteiger charge is -2.35. The van der Waals surface area contributed by atoms with Crippen LogP contribution in [0.4, 0.5) is 0 Å². The first kappa shape index (κ1) is 17.8. The van der Waals surface area contributed by atoms with Crippen LogP contribution in [-0.4, -0.2) is 38.2 Å². The normalized spacial score (nSPS) is 17.6. The van der Waals surface area contributed by atoms with E-state index in [0.29, 0.717) is 0 Å². The number of amides is 1. The van der Waals surface area contributed by atoms with Gasteiger partial charge in [0.1, 0.15) is 5.69 Å². The molecule has 0 spiro atoms. The van der Waals surface area contributed by atoms with Crippen LogP contribution >= 0.6 is 0 Å². The quantitative estimate of drug-likeness (QED) is 0.747. The second-order valence-corrected chi connectivity index (χ2v) is 7.78. The van der Waals surface area contributed by atoms with Crippen molar-refractivity contribution in [1.29, 1.82) is 0 Å². The van der Waals surface area contributed by atoms with E-state index in [1.54, 1.807) is 0 Å². The van der Waals surface area contributed by atoms with Crippen molar-refractivity contribution in [2.24, 2.45) is 0 Å². The van der Waals surface area contributed by atoms with Gasteiger partial charge in [0.25, 0.3) is 5.91 Å². The van der Waals surface area contributed by atoms with Crippen LogP contribution in [0.2, 0.25) is 0 Å². The predicted octanol–water partition coefficient (Wildman–Crippen LogP) is 4.37. The molecule has 1 unspecified atom stereocenters. The summed E-state index contributed by atoms with van der Waals surface area (Å²) in [5, 5.41) is 5.50. The summed E-state index contributed by atoms with van der Waals surface area (Å²) in [4.78, 5) is 19.0. The van der Waals surface area contributed by atoms with Gasteiger partial charge in [0.05, 0.1) is 0 Å². The topological polar surface area (TPSA) is 53.9 Å². The number of H-pyrrole nitrogens is 1. The number of aromatic amines is 1. The maximum Gasteiger partial charge on any atom is 0.270 e. The summed E-state index contributed by atoms with van der Waals surface area (Å²) in [7, 11) is 0. The Morgan fingerprint density at radius 3 is 2.78 bits per heavy atom. The number of rotatable bonds is 4. The number of likely N-dealkylation sites (tertiary alicyclic amines) is 1. The second-order valence-electron chi connectivity index (χ2n) is 7.78. The van der Waals surface area contributed by atoms with Crippen molar-refractivity contribution in [2.45, 2.75) is 59.0 Å². The summed E-state index contributed by atoms with van der Waals surface area (Å²) < 4.78 is 1.96. The van der Waals surface area contributed by atoms with Crippen LogP contribution in [0.15, 0.2) is 30.6 Å². The summed E-state index contributed by atoms with van der Waals surface area (Å²) in [5.74, 6) is 0.146. The number of aryl methyl sites for hydroxylation is 4. The standard InChI is InChI=1S/C22H28N4O/c1-15-8-9-16(2)20-19(15)17(3)21(24-20)22(27)26-13-5-4-7-18(26)10-14-25-12-6-11-23-25/h6,8-9,11-12,18,24H,4-5,7,10,13-14H2,1-3H3. The van der Waals surface area contributed by atoms with Gasteiger partial charge in [0.2, 0.25) is 0 Å². The number of aromatic nitrogens is 3. The van der Waals surface area contributed by atoms with Gasteiger partial charge in [-0.3, -0.25) is 9.48 Å². The van der Waals surface area contributed by atoms with Crippen LogP contribution in [0.25, 0.3) is 10.9 Å². The maximum absolute atomic E-state index is 13.5. The lowest BCUT2D eigenvalue weighted by Crippen LogP contribution is -2.44. The lowest BCUT2D eigenvalue weighted by atomic mass is 9.98. The van der Waals surface area contributed by atoms with Crippen LogP contribution in [0.3, 0.4) is 0 Å². The SMILES string of the molecule is Cc1ccc(C)c2c(C)c(C(=O)N3CCCCC3CCn3cccn3)[nH]c12. The van der Waals surface area contributed by atoms with E-state index in [4.69, 9.17) is 0 Å². The van der Waals surface area contributed by atoms with Crippen molar-refractivity contribution in [2.75, 3.05) is 6.54 Å². The van der Waals surface area contributed by atoms with Crippen molar-refractivity contribution in [3.05, 3.63) is 53.0 Å². The smallest absolute Gasteiger partial charge is 0.270 e. The minimum absolute atomic E-state index is 0.146. The van der Waals surface area contributed by atoms with Gasteiger partial charge in [-0.2, -0.15) is 5.10 Å². The molecule has 0 saturated carbocycles. The molecule has 1 aliphatic heterocycles. The molecule has 1 N–H and O–H groups in total. The van der Waals surface area contributed by atoms with Gasteiger partial charge in [-0.15, -0.1) is 0 Å². The van der Waals surface area contributed by atoms with Gasteiger partial charge in [0.15, 0.2) is 0 Å². The molecule has 0 aliphatic carbocycles. The molecular formula is C22H28N4O. The molecular weight excluding hydrogens is 336 g/mol. The van der Waals surface area contributed by atoms with Gasteiger partial charge in [-0.25, -0.2) is 0 Å². The van der Waals surface area contributed by atoms with Crippen molar-refractivity contribution in [3.8, 4) is 0 Å². The van der Waals surface area contributed by atoms with Crippen LogP contribution < -0.4 is 0 Å². The summed E-state index contributed by atoms with van der Waals surface area (Å²) in [6.45, 7) is 7.98. The third-order valence-corrected chi connectivity index (χ3v) is 5.97. The zero-order valence-corrected chi connectivity index (χ0v) is 16.5. The molecule has 2 aromatic heterocycles. The number of hydrogen-bond acceptors (Lipinski definition) is 2. The van der Waals surface area contributed by atoms with Gasteiger partial charge in [0, 0.05) is 42.4 Å². The minimum atomic E-state index is 0.146. The molecule has 1 saturated heterocycles. The predicted molar refractivity (Wildman–Crippen MR) is 108 cm³/mol. The Morgan fingerprint density at radius 2 is 2.04 bits per heavy atom. The number of hydrogen-bond donors (Lipinski definition) is 1. The molecule has 1 atom stereocenters. The minimum Gasteiger partial charge on any atom is -0.350 e. The van der Waals surface area contributed by atoms with Gasteiger partial charge >= 0.3 is 0 Å². The van der Waals surface area contributed by atoms with Crippen LogP contribution in [0.5, 0.6) is 0 Å². The summed E-state index contributed by atoms with van der Waals surface area (Å²) in [6, 6.07) is 6.49. The molecule has 5 nitrogen and oxygen atoms in total. The second kappa shape index (κ2) is 7.22. The van der Waals surface area contributed by atoms with Crippen molar-refractivity contribution in [3.63, 3.8) is 0 Å². The largest absolute Gasteiger partial charge is 0.350 e. The number of piperidine rings is 1. The number of fused-ring (bicyclic) bond motifs is 1. The molecule has 0 radical (unpaired) electrons. The molecule has 1 fully saturated rings. The molecule has 1 amide bonds. The molecule has 0 bridgehead atoms. The van der Waals surface area contributed by atoms with Gasteiger partial charge in [-0.05, 0) is 69.2 Å². The third kappa shape index (κ3) is 3.27. The fourth-order valence-electron chi connectivity index (χ4n) is 4.44. The molecule has 142 valence electrons. The van der Waals surface area contributed by atoms with Crippen molar-refractivity contribution in [1.82, 2.24) is 19.7 Å². The van der Waals surface area contributed by atoms with E-state index in [1.165, 1.54) is 22.9 Å². The van der Waals surface area contributed by atoms with Crippen LogP contribution in [-0.2, 0) is 6.54 Å². The van der Waals surface area contributed by atoms with E-state index in [1.807, 2.05) is 23.1 Å². The maximum atomic E-state index is 13.5. The zero-order valence-electron chi connectivity index (χ0n) is 16.5. The average Bonchev–Trinajstić information content (AvgIpc) is 3.31. The Bertz CT molecular complexity index is 955. The molecule has 4 rings (SSSR count). The number of carbonyl (C=O) groups excluding carboxylic acids is 1. The van der Waals surface area contributed by atoms with E-state index in [2.05, 4.69) is 47.9 Å². The fourth-order valence-corrected chi connectivity index (χ4v) is 4.44. The highest BCUT2D eigenvalue weighted by Gasteiger charge is 2.29. The Morgan fingerprint density at radius 1 is 1.22 bits per heavy atom. The first-order valence-electron chi connectivity index (χ1n) is 9.93. The molecule has 1 aromatic carbocycles. The number of nitrogens with zero attached hydrogens (tertiary/aromatic N) is 3. The van der Waals surface area contributed by atoms with Crippen molar-refractivity contribution < 1.29 is 4.79 Å². The first-order valence-corrected chi connectivity index (χ1v) is 9.93. The summed E-state index contributed by atoms with van der Waals surface area (Å²) in [5.41, 5.74) is 5.34. The Kier molecular flexibility index (Phi) is 4.77. The van der Waals surface area contributed by atoms with E-state index in [0.717, 1.165) is 49.1 Å². The van der Waals surface area contributed by atoms with Crippen molar-refractivity contribution >= 4 is 16.8 Å². The fraction of sp³-hybridized carbons (Fsp3) is 0.455. The molecule has 3 aromatic rings. The van der Waals surface area contributed by atoms with Crippen LogP contribution in [0, 0.1) is 20.8 Å². The monoisotopic (exact) mass is 364 g/mol. The third-order valence-electron chi connectivity index (χ3n) is 5.97. The number of nitrogens with one attached hydrogen (secondary N) is 1. The highest BCUT2D eigenvalue weighted by molar-refractivity contribution is 6.02. The van der Waals surface area contributed by atoms with Gasteiger partial charge in [-0.1, -0.05) is 12.1 Å². The van der Waals surface area contributed by atoms with E-state index >= 15 is 0 Å². The van der Waals surface area contributed by atoms with E-state index in [9.17, 15) is 4.79 Å². The highest BCUT2D eigenvalue weighted by Crippen LogP contribution is 2.30. The zero-order chi connectivity index (χ0) is 19.0. The number of carbonyl (C=O) groups is 1. The molecule has 27 heavy (non-hydrogen) atoms. The Labute approximate surface area is 160 Å². The van der Waals surface area contributed by atoms with Crippen LogP contribution in [0.1, 0.15) is 52.9 Å². The first-order chi connectivity index (χ1) is 13.1. The highest BCUT2D eigenvalue weighted by atomic mass is 16.2. The summed E-state index contributed by atoms with van der Waals surface area (Å²) >= 11 is 0. The Balaban J connectivity index is 1.62. The van der Waals surface area contributed by atoms with E-state index in [-0.39, 0.29) is 11.9 Å². The Hall–Kier alpha value is -2.56. The lowest BCUT2D eigenvalue weighted by molar-refractivity contribution is 0.0588. The molecule has 5 heteroatoms.